The second-order valence-electron chi connectivity index (χ2n) is 5.57. The van der Waals surface area contributed by atoms with Crippen molar-refractivity contribution in [2.75, 3.05) is 11.9 Å². The highest BCUT2D eigenvalue weighted by molar-refractivity contribution is 7.09. The molecule has 1 aromatic carbocycles. The highest BCUT2D eigenvalue weighted by Crippen LogP contribution is 2.10. The minimum atomic E-state index is -0.268. The third kappa shape index (κ3) is 5.75. The summed E-state index contributed by atoms with van der Waals surface area (Å²) >= 11 is 1.60. The summed E-state index contributed by atoms with van der Waals surface area (Å²) in [7, 11) is 0. The van der Waals surface area contributed by atoms with Gasteiger partial charge in [0.2, 0.25) is 0 Å². The molecule has 5 nitrogen and oxygen atoms in total. The molecular formula is C17H21N3O2S. The van der Waals surface area contributed by atoms with E-state index in [9.17, 15) is 9.59 Å². The van der Waals surface area contributed by atoms with Crippen LogP contribution in [-0.2, 0) is 6.54 Å². The number of hydrogen-bond acceptors (Lipinski definition) is 3. The van der Waals surface area contributed by atoms with E-state index >= 15 is 0 Å². The van der Waals surface area contributed by atoms with Crippen molar-refractivity contribution >= 4 is 29.0 Å². The van der Waals surface area contributed by atoms with Gasteiger partial charge in [-0.15, -0.1) is 11.3 Å². The summed E-state index contributed by atoms with van der Waals surface area (Å²) in [5, 5.41) is 10.4. The predicted molar refractivity (Wildman–Crippen MR) is 93.8 cm³/mol. The molecule has 3 N–H and O–H groups in total. The van der Waals surface area contributed by atoms with E-state index in [0.29, 0.717) is 30.3 Å². The number of amides is 3. The highest BCUT2D eigenvalue weighted by Gasteiger charge is 2.07. The fraction of sp³-hybridized carbons (Fsp3) is 0.294. The van der Waals surface area contributed by atoms with Gasteiger partial charge >= 0.3 is 6.03 Å². The van der Waals surface area contributed by atoms with Crippen molar-refractivity contribution in [2.45, 2.75) is 20.4 Å². The van der Waals surface area contributed by atoms with Gasteiger partial charge < -0.3 is 16.0 Å². The molecule has 1 heterocycles. The van der Waals surface area contributed by atoms with Crippen LogP contribution >= 0.6 is 11.3 Å². The minimum Gasteiger partial charge on any atom is -0.352 e. The molecule has 23 heavy (non-hydrogen) atoms. The average molecular weight is 331 g/mol. The van der Waals surface area contributed by atoms with Crippen LogP contribution in [0.25, 0.3) is 0 Å². The van der Waals surface area contributed by atoms with Crippen LogP contribution in [0.1, 0.15) is 29.1 Å². The maximum Gasteiger partial charge on any atom is 0.319 e. The third-order valence-corrected chi connectivity index (χ3v) is 3.96. The van der Waals surface area contributed by atoms with Gasteiger partial charge in [0.15, 0.2) is 0 Å². The van der Waals surface area contributed by atoms with E-state index < -0.39 is 0 Å². The number of carbonyl (C=O) groups is 2. The molecule has 0 fully saturated rings. The Hall–Kier alpha value is -2.34. The lowest BCUT2D eigenvalue weighted by Gasteiger charge is -2.09. The molecule has 0 bridgehead atoms. The number of hydrogen-bond donors (Lipinski definition) is 3. The largest absolute Gasteiger partial charge is 0.352 e. The van der Waals surface area contributed by atoms with E-state index in [1.54, 1.807) is 35.6 Å². The predicted octanol–water partition coefficient (Wildman–Crippen LogP) is 3.46. The van der Waals surface area contributed by atoms with E-state index in [0.717, 1.165) is 4.88 Å². The lowest BCUT2D eigenvalue weighted by atomic mass is 10.1. The van der Waals surface area contributed by atoms with Gasteiger partial charge in [0.05, 0.1) is 6.54 Å². The van der Waals surface area contributed by atoms with Crippen LogP contribution in [0.5, 0.6) is 0 Å². The topological polar surface area (TPSA) is 70.2 Å². The van der Waals surface area contributed by atoms with Gasteiger partial charge in [-0.1, -0.05) is 19.9 Å². The van der Waals surface area contributed by atoms with Gasteiger partial charge in [-0.2, -0.15) is 0 Å². The Kier molecular flexibility index (Phi) is 6.17. The van der Waals surface area contributed by atoms with Crippen LogP contribution in [0.15, 0.2) is 41.8 Å². The van der Waals surface area contributed by atoms with Gasteiger partial charge in [0, 0.05) is 22.7 Å². The Labute approximate surface area is 140 Å². The van der Waals surface area contributed by atoms with Gasteiger partial charge in [0.1, 0.15) is 0 Å². The summed E-state index contributed by atoms with van der Waals surface area (Å²) in [5.74, 6) is 0.305. The smallest absolute Gasteiger partial charge is 0.319 e. The molecule has 0 aliphatic rings. The Bertz CT molecular complexity index is 636. The van der Waals surface area contributed by atoms with E-state index in [2.05, 4.69) is 16.0 Å². The lowest BCUT2D eigenvalue weighted by Crippen LogP contribution is -2.28. The van der Waals surface area contributed by atoms with Crippen molar-refractivity contribution < 1.29 is 9.59 Å². The number of rotatable bonds is 6. The first kappa shape index (κ1) is 17.0. The average Bonchev–Trinajstić information content (AvgIpc) is 3.05. The molecule has 122 valence electrons. The number of benzene rings is 1. The monoisotopic (exact) mass is 331 g/mol. The summed E-state index contributed by atoms with van der Waals surface area (Å²) in [4.78, 5) is 24.8. The van der Waals surface area contributed by atoms with Gasteiger partial charge in [-0.3, -0.25) is 4.79 Å². The van der Waals surface area contributed by atoms with Gasteiger partial charge in [0.25, 0.3) is 5.91 Å². The van der Waals surface area contributed by atoms with E-state index in [1.165, 1.54) is 0 Å². The maximum absolute atomic E-state index is 11.9. The molecule has 2 aromatic rings. The summed E-state index contributed by atoms with van der Waals surface area (Å²) in [6.07, 6.45) is 0. The van der Waals surface area contributed by atoms with E-state index in [-0.39, 0.29) is 11.9 Å². The highest BCUT2D eigenvalue weighted by atomic mass is 32.1. The number of thiophene rings is 1. The molecule has 6 heteroatoms. The van der Waals surface area contributed by atoms with Crippen LogP contribution in [-0.4, -0.2) is 18.5 Å². The van der Waals surface area contributed by atoms with E-state index in [1.807, 2.05) is 31.4 Å². The van der Waals surface area contributed by atoms with Crippen molar-refractivity contribution in [3.63, 3.8) is 0 Å². The van der Waals surface area contributed by atoms with Crippen molar-refractivity contribution in [2.24, 2.45) is 5.92 Å². The van der Waals surface area contributed by atoms with E-state index in [4.69, 9.17) is 0 Å². The molecule has 0 radical (unpaired) electrons. The molecule has 2 rings (SSSR count). The molecule has 1 aromatic heterocycles. The van der Waals surface area contributed by atoms with Crippen LogP contribution < -0.4 is 16.0 Å². The lowest BCUT2D eigenvalue weighted by molar-refractivity contribution is 0.0949. The van der Waals surface area contributed by atoms with Crippen LogP contribution in [0.4, 0.5) is 10.5 Å². The summed E-state index contributed by atoms with van der Waals surface area (Å²) in [5.41, 5.74) is 1.23. The first-order valence-electron chi connectivity index (χ1n) is 7.50. The van der Waals surface area contributed by atoms with Crippen molar-refractivity contribution in [3.8, 4) is 0 Å². The quantitative estimate of drug-likeness (QED) is 0.759. The molecule has 0 saturated carbocycles. The Morgan fingerprint density at radius 3 is 2.43 bits per heavy atom. The SMILES string of the molecule is CC(C)CNC(=O)c1ccc(NC(=O)NCc2cccs2)cc1. The fourth-order valence-corrected chi connectivity index (χ4v) is 2.50. The van der Waals surface area contributed by atoms with Crippen LogP contribution in [0.2, 0.25) is 0 Å². The molecule has 0 aliphatic carbocycles. The first-order valence-corrected chi connectivity index (χ1v) is 8.38. The van der Waals surface area contributed by atoms with Crippen molar-refractivity contribution in [1.82, 2.24) is 10.6 Å². The first-order chi connectivity index (χ1) is 11.0. The molecule has 0 aliphatic heterocycles. The minimum absolute atomic E-state index is 0.104. The molecule has 0 atom stereocenters. The van der Waals surface area contributed by atoms with Crippen LogP contribution in [0.3, 0.4) is 0 Å². The van der Waals surface area contributed by atoms with Gasteiger partial charge in [-0.25, -0.2) is 4.79 Å². The second-order valence-corrected chi connectivity index (χ2v) is 6.60. The fourth-order valence-electron chi connectivity index (χ4n) is 1.86. The summed E-state index contributed by atoms with van der Waals surface area (Å²) < 4.78 is 0. The zero-order valence-electron chi connectivity index (χ0n) is 13.3. The number of anilines is 1. The zero-order valence-corrected chi connectivity index (χ0v) is 14.1. The molecule has 0 saturated heterocycles. The summed E-state index contributed by atoms with van der Waals surface area (Å²) in [6, 6.07) is 10.5. The molecule has 3 amide bonds. The molecule has 0 unspecified atom stereocenters. The zero-order chi connectivity index (χ0) is 16.7. The third-order valence-electron chi connectivity index (χ3n) is 3.08. The Morgan fingerprint density at radius 1 is 1.09 bits per heavy atom. The maximum atomic E-state index is 11.9. The second kappa shape index (κ2) is 8.33. The molecule has 0 spiro atoms. The van der Waals surface area contributed by atoms with Crippen molar-refractivity contribution in [3.05, 3.63) is 52.2 Å². The number of urea groups is 1. The Balaban J connectivity index is 1.82. The molecular weight excluding hydrogens is 310 g/mol. The normalized spacial score (nSPS) is 10.4. The summed E-state index contributed by atoms with van der Waals surface area (Å²) in [6.45, 7) is 5.23. The van der Waals surface area contributed by atoms with Crippen LogP contribution in [0, 0.1) is 5.92 Å². The number of carbonyl (C=O) groups excluding carboxylic acids is 2. The van der Waals surface area contributed by atoms with Crippen molar-refractivity contribution in [1.29, 1.82) is 0 Å². The Morgan fingerprint density at radius 2 is 1.83 bits per heavy atom. The van der Waals surface area contributed by atoms with Gasteiger partial charge in [-0.05, 0) is 41.6 Å². The standard InChI is InChI=1S/C17H21N3O2S/c1-12(2)10-18-16(21)13-5-7-14(8-6-13)20-17(22)19-11-15-4-3-9-23-15/h3-9,12H,10-11H2,1-2H3,(H,18,21)(H2,19,20,22). The number of nitrogens with one attached hydrogen (secondary N) is 3.